The monoisotopic (exact) mass is 512 g/mol. The van der Waals surface area contributed by atoms with E-state index in [1.165, 1.54) is 0 Å². The van der Waals surface area contributed by atoms with Gasteiger partial charge in [-0.05, 0) is 48.4 Å². The maximum atomic E-state index is 13.9. The molecular weight excluding hydrogens is 472 g/mol. The number of hydrogen-bond donors (Lipinski definition) is 1. The molecule has 0 spiro atoms. The predicted octanol–water partition coefficient (Wildman–Crippen LogP) is 6.20. The molecule has 3 aromatic rings. The third-order valence-electron chi connectivity index (χ3n) is 7.34. The van der Waals surface area contributed by atoms with E-state index in [0.29, 0.717) is 18.7 Å². The summed E-state index contributed by atoms with van der Waals surface area (Å²) >= 11 is 0. The molecule has 0 aliphatic heterocycles. The van der Waals surface area contributed by atoms with Crippen LogP contribution in [0.25, 0.3) is 0 Å². The van der Waals surface area contributed by atoms with Crippen molar-refractivity contribution in [2.75, 3.05) is 6.61 Å². The Morgan fingerprint density at radius 2 is 1.55 bits per heavy atom. The first kappa shape index (κ1) is 27.4. The highest BCUT2D eigenvalue weighted by atomic mass is 16.5. The van der Waals surface area contributed by atoms with Crippen molar-refractivity contribution in [2.24, 2.45) is 0 Å². The zero-order valence-corrected chi connectivity index (χ0v) is 22.9. The van der Waals surface area contributed by atoms with Crippen molar-refractivity contribution in [2.45, 2.75) is 77.4 Å². The van der Waals surface area contributed by atoms with Gasteiger partial charge in [-0.2, -0.15) is 0 Å². The van der Waals surface area contributed by atoms with E-state index < -0.39 is 6.04 Å². The maximum Gasteiger partial charge on any atom is 0.261 e. The molecule has 2 amide bonds. The second-order valence-electron chi connectivity index (χ2n) is 10.7. The first-order valence-electron chi connectivity index (χ1n) is 13.8. The smallest absolute Gasteiger partial charge is 0.261 e. The average molecular weight is 513 g/mol. The van der Waals surface area contributed by atoms with Crippen LogP contribution < -0.4 is 10.1 Å². The summed E-state index contributed by atoms with van der Waals surface area (Å²) in [7, 11) is 0. The Kier molecular flexibility index (Phi) is 9.58. The molecule has 1 fully saturated rings. The zero-order chi connectivity index (χ0) is 26.9. The molecule has 0 bridgehead atoms. The normalized spacial score (nSPS) is 14.3. The van der Waals surface area contributed by atoms with Gasteiger partial charge < -0.3 is 15.0 Å². The number of benzene rings is 3. The van der Waals surface area contributed by atoms with Crippen LogP contribution in [0, 0.1) is 6.92 Å². The molecule has 200 valence electrons. The fourth-order valence-electron chi connectivity index (χ4n) is 5.12. The molecule has 0 radical (unpaired) electrons. The van der Waals surface area contributed by atoms with Gasteiger partial charge in [0.1, 0.15) is 11.8 Å². The Bertz CT molecular complexity index is 1180. The molecule has 1 unspecified atom stereocenters. The van der Waals surface area contributed by atoms with E-state index >= 15 is 0 Å². The van der Waals surface area contributed by atoms with Crippen molar-refractivity contribution in [1.29, 1.82) is 0 Å². The van der Waals surface area contributed by atoms with E-state index in [1.807, 2.05) is 85.8 Å². The molecule has 1 atom stereocenters. The maximum absolute atomic E-state index is 13.9. The Labute approximate surface area is 227 Å². The van der Waals surface area contributed by atoms with E-state index in [9.17, 15) is 9.59 Å². The van der Waals surface area contributed by atoms with Crippen LogP contribution in [-0.2, 0) is 22.6 Å². The summed E-state index contributed by atoms with van der Waals surface area (Å²) in [6.07, 6.45) is 4.68. The molecule has 38 heavy (non-hydrogen) atoms. The second-order valence-corrected chi connectivity index (χ2v) is 10.7. The van der Waals surface area contributed by atoms with Crippen LogP contribution in [0.4, 0.5) is 0 Å². The molecule has 5 nitrogen and oxygen atoms in total. The van der Waals surface area contributed by atoms with E-state index in [1.54, 1.807) is 4.90 Å². The summed E-state index contributed by atoms with van der Waals surface area (Å²) in [5.41, 5.74) is 4.22. The minimum atomic E-state index is -0.643. The lowest BCUT2D eigenvalue weighted by Gasteiger charge is -2.32. The van der Waals surface area contributed by atoms with Crippen molar-refractivity contribution in [3.63, 3.8) is 0 Å². The number of carbonyl (C=O) groups excluding carboxylic acids is 2. The standard InChI is InChI=1S/C33H40N2O3/c1-24(2)29-15-9-10-16-31(29)38-23-32(36)35(22-27-19-17-25(3)18-20-27)30(21-26-11-5-4-6-12-26)33(37)34-28-13-7-8-14-28/h4-6,9-12,15-20,24,28,30H,7-8,13-14,21-23H2,1-3H3,(H,34,37). The van der Waals surface area contributed by atoms with Crippen molar-refractivity contribution >= 4 is 11.8 Å². The molecule has 1 aliphatic rings. The highest BCUT2D eigenvalue weighted by molar-refractivity contribution is 5.88. The summed E-state index contributed by atoms with van der Waals surface area (Å²) in [6.45, 7) is 6.47. The number of ether oxygens (including phenoxy) is 1. The van der Waals surface area contributed by atoms with Crippen LogP contribution in [0.5, 0.6) is 5.75 Å². The summed E-state index contributed by atoms with van der Waals surface area (Å²) in [4.78, 5) is 29.3. The topological polar surface area (TPSA) is 58.6 Å². The number of carbonyl (C=O) groups is 2. The fourth-order valence-corrected chi connectivity index (χ4v) is 5.12. The van der Waals surface area contributed by atoms with Gasteiger partial charge in [0.05, 0.1) is 0 Å². The van der Waals surface area contributed by atoms with E-state index in [2.05, 4.69) is 19.2 Å². The second kappa shape index (κ2) is 13.3. The quantitative estimate of drug-likeness (QED) is 0.333. The zero-order valence-electron chi connectivity index (χ0n) is 22.9. The summed E-state index contributed by atoms with van der Waals surface area (Å²) < 4.78 is 6.09. The SMILES string of the molecule is Cc1ccc(CN(C(=O)COc2ccccc2C(C)C)C(Cc2ccccc2)C(=O)NC2CCCC2)cc1. The summed E-state index contributed by atoms with van der Waals surface area (Å²) in [5.74, 6) is 0.685. The Morgan fingerprint density at radius 1 is 0.895 bits per heavy atom. The number of nitrogens with zero attached hydrogens (tertiary/aromatic N) is 1. The van der Waals surface area contributed by atoms with Gasteiger partial charge in [0, 0.05) is 19.0 Å². The van der Waals surface area contributed by atoms with Gasteiger partial charge in [0.25, 0.3) is 5.91 Å². The van der Waals surface area contributed by atoms with Gasteiger partial charge in [-0.3, -0.25) is 9.59 Å². The van der Waals surface area contributed by atoms with Gasteiger partial charge >= 0.3 is 0 Å². The third-order valence-corrected chi connectivity index (χ3v) is 7.34. The minimum Gasteiger partial charge on any atom is -0.483 e. The molecule has 0 aromatic heterocycles. The van der Waals surface area contributed by atoms with Gasteiger partial charge in [-0.1, -0.05) is 105 Å². The van der Waals surface area contributed by atoms with Crippen molar-refractivity contribution in [3.05, 3.63) is 101 Å². The van der Waals surface area contributed by atoms with E-state index in [0.717, 1.165) is 47.9 Å². The number of rotatable bonds is 11. The third kappa shape index (κ3) is 7.47. The van der Waals surface area contributed by atoms with Crippen molar-refractivity contribution < 1.29 is 14.3 Å². The van der Waals surface area contributed by atoms with Gasteiger partial charge in [0.2, 0.25) is 5.91 Å². The van der Waals surface area contributed by atoms with Crippen LogP contribution in [0.3, 0.4) is 0 Å². The van der Waals surface area contributed by atoms with Gasteiger partial charge in [-0.15, -0.1) is 0 Å². The molecule has 1 saturated carbocycles. The van der Waals surface area contributed by atoms with E-state index in [4.69, 9.17) is 4.74 Å². The number of aryl methyl sites for hydroxylation is 1. The molecule has 5 heteroatoms. The summed E-state index contributed by atoms with van der Waals surface area (Å²) in [5, 5.41) is 3.25. The van der Waals surface area contributed by atoms with E-state index in [-0.39, 0.29) is 30.4 Å². The molecule has 0 heterocycles. The molecule has 0 saturated heterocycles. The number of para-hydroxylation sites is 1. The number of hydrogen-bond acceptors (Lipinski definition) is 3. The Balaban J connectivity index is 1.62. The molecule has 1 N–H and O–H groups in total. The summed E-state index contributed by atoms with van der Waals surface area (Å²) in [6, 6.07) is 25.4. The first-order valence-corrected chi connectivity index (χ1v) is 13.8. The Morgan fingerprint density at radius 3 is 2.24 bits per heavy atom. The molecule has 3 aromatic carbocycles. The fraction of sp³-hybridized carbons (Fsp3) is 0.394. The van der Waals surface area contributed by atoms with Crippen LogP contribution in [0.1, 0.15) is 67.7 Å². The lowest BCUT2D eigenvalue weighted by molar-refractivity contribution is -0.143. The van der Waals surface area contributed by atoms with Gasteiger partial charge in [-0.25, -0.2) is 0 Å². The molecule has 4 rings (SSSR count). The average Bonchev–Trinajstić information content (AvgIpc) is 3.44. The van der Waals surface area contributed by atoms with Crippen LogP contribution in [-0.4, -0.2) is 35.4 Å². The van der Waals surface area contributed by atoms with Gasteiger partial charge in [0.15, 0.2) is 6.61 Å². The molecule has 1 aliphatic carbocycles. The highest BCUT2D eigenvalue weighted by Crippen LogP contribution is 2.26. The van der Waals surface area contributed by atoms with Crippen LogP contribution in [0.2, 0.25) is 0 Å². The first-order chi connectivity index (χ1) is 18.4. The van der Waals surface area contributed by atoms with Crippen LogP contribution >= 0.6 is 0 Å². The lowest BCUT2D eigenvalue weighted by Crippen LogP contribution is -2.53. The number of nitrogens with one attached hydrogen (secondary N) is 1. The lowest BCUT2D eigenvalue weighted by atomic mass is 10.0. The highest BCUT2D eigenvalue weighted by Gasteiger charge is 2.32. The van der Waals surface area contributed by atoms with Crippen molar-refractivity contribution in [1.82, 2.24) is 10.2 Å². The van der Waals surface area contributed by atoms with Crippen LogP contribution in [0.15, 0.2) is 78.9 Å². The minimum absolute atomic E-state index is 0.0937. The Hall–Kier alpha value is -3.60. The predicted molar refractivity (Wildman–Crippen MR) is 152 cm³/mol. The number of amides is 2. The van der Waals surface area contributed by atoms with Crippen molar-refractivity contribution in [3.8, 4) is 5.75 Å². The largest absolute Gasteiger partial charge is 0.483 e. The molecular formula is C33H40N2O3.